The molecule has 1 aliphatic heterocycles. The Balaban J connectivity index is 1.65. The fraction of sp³-hybridized carbons (Fsp3) is 0.300. The van der Waals surface area contributed by atoms with Crippen LogP contribution in [0.5, 0.6) is 5.75 Å². The highest BCUT2D eigenvalue weighted by Gasteiger charge is 2.31. The molecule has 4 rings (SSSR count). The minimum atomic E-state index is 0.0814. The summed E-state index contributed by atoms with van der Waals surface area (Å²) in [4.78, 5) is 19.6. The van der Waals surface area contributed by atoms with Crippen LogP contribution in [0, 0.1) is 6.92 Å². The van der Waals surface area contributed by atoms with Crippen LogP contribution < -0.4 is 4.74 Å². The summed E-state index contributed by atoms with van der Waals surface area (Å²) in [5, 5.41) is 1.02. The number of benzene rings is 2. The van der Waals surface area contributed by atoms with Gasteiger partial charge in [0.15, 0.2) is 0 Å². The predicted molar refractivity (Wildman–Crippen MR) is 100 cm³/mol. The molecule has 0 radical (unpaired) electrons. The van der Waals surface area contributed by atoms with E-state index in [1.54, 1.807) is 18.4 Å². The number of carbonyl (C=O) groups excluding carboxylic acids is 1. The average molecular weight is 352 g/mol. The van der Waals surface area contributed by atoms with E-state index in [1.165, 1.54) is 0 Å². The fourth-order valence-electron chi connectivity index (χ4n) is 3.55. The van der Waals surface area contributed by atoms with Crippen LogP contribution in [0.3, 0.4) is 0 Å². The summed E-state index contributed by atoms with van der Waals surface area (Å²) in [5.41, 5.74) is 2.76. The molecule has 5 heteroatoms. The molecule has 0 N–H and O–H groups in total. The van der Waals surface area contributed by atoms with E-state index in [0.29, 0.717) is 5.56 Å². The molecular weight excluding hydrogens is 332 g/mol. The van der Waals surface area contributed by atoms with Gasteiger partial charge in [-0.2, -0.15) is 0 Å². The van der Waals surface area contributed by atoms with E-state index in [2.05, 4.69) is 11.1 Å². The summed E-state index contributed by atoms with van der Waals surface area (Å²) in [5.74, 6) is 0.911. The Morgan fingerprint density at radius 1 is 1.28 bits per heavy atom. The van der Waals surface area contributed by atoms with Crippen LogP contribution in [0.2, 0.25) is 0 Å². The lowest BCUT2D eigenvalue weighted by atomic mass is 10.0. The van der Waals surface area contributed by atoms with Crippen molar-refractivity contribution in [1.29, 1.82) is 0 Å². The molecular formula is C20H20N2O2S. The average Bonchev–Trinajstić information content (AvgIpc) is 3.26. The first-order valence-electron chi connectivity index (χ1n) is 8.48. The number of aromatic nitrogens is 1. The molecule has 3 aromatic rings. The van der Waals surface area contributed by atoms with Gasteiger partial charge < -0.3 is 9.64 Å². The topological polar surface area (TPSA) is 42.4 Å². The minimum absolute atomic E-state index is 0.0814. The zero-order valence-corrected chi connectivity index (χ0v) is 15.2. The third-order valence-electron chi connectivity index (χ3n) is 4.73. The second-order valence-corrected chi connectivity index (χ2v) is 7.58. The van der Waals surface area contributed by atoms with E-state index in [1.807, 2.05) is 48.2 Å². The molecule has 0 spiro atoms. The van der Waals surface area contributed by atoms with Gasteiger partial charge in [-0.25, -0.2) is 4.98 Å². The molecule has 128 valence electrons. The molecule has 1 aliphatic rings. The number of hydrogen-bond donors (Lipinski definition) is 0. The highest BCUT2D eigenvalue weighted by Crippen LogP contribution is 2.35. The highest BCUT2D eigenvalue weighted by atomic mass is 32.1. The van der Waals surface area contributed by atoms with Crippen molar-refractivity contribution in [2.24, 2.45) is 0 Å². The number of thiazole rings is 1. The summed E-state index contributed by atoms with van der Waals surface area (Å²) in [6.45, 7) is 2.78. The smallest absolute Gasteiger partial charge is 0.254 e. The van der Waals surface area contributed by atoms with Crippen LogP contribution in [-0.4, -0.2) is 29.4 Å². The molecule has 0 bridgehead atoms. The third-order valence-corrected chi connectivity index (χ3v) is 5.69. The van der Waals surface area contributed by atoms with Gasteiger partial charge in [0, 0.05) is 12.1 Å². The lowest BCUT2D eigenvalue weighted by Crippen LogP contribution is -2.30. The predicted octanol–water partition coefficient (Wildman–Crippen LogP) is 4.59. The quantitative estimate of drug-likeness (QED) is 0.692. The molecule has 1 amide bonds. The second kappa shape index (κ2) is 6.48. The van der Waals surface area contributed by atoms with Crippen LogP contribution in [0.1, 0.15) is 39.8 Å². The molecule has 2 heterocycles. The summed E-state index contributed by atoms with van der Waals surface area (Å²) in [7, 11) is 1.67. The maximum atomic E-state index is 13.1. The van der Waals surface area contributed by atoms with E-state index in [9.17, 15) is 4.79 Å². The number of methoxy groups -OCH3 is 1. The molecule has 0 saturated carbocycles. The standard InChI is InChI=1S/C20H20N2O2S/c1-13-21-17-12-15(8-9-19(17)25-13)20(23)22-10-4-7-18(22)14-5-3-6-16(11-14)24-2/h3,5-6,8-9,11-12,18H,4,7,10H2,1-2H3. The molecule has 1 fully saturated rings. The normalized spacial score (nSPS) is 17.2. The number of carbonyl (C=O) groups is 1. The van der Waals surface area contributed by atoms with Gasteiger partial charge >= 0.3 is 0 Å². The van der Waals surface area contributed by atoms with Crippen molar-refractivity contribution in [3.63, 3.8) is 0 Å². The third kappa shape index (κ3) is 3.00. The van der Waals surface area contributed by atoms with Gasteiger partial charge in [0.25, 0.3) is 5.91 Å². The van der Waals surface area contributed by atoms with Crippen molar-refractivity contribution in [2.45, 2.75) is 25.8 Å². The SMILES string of the molecule is COc1cccc(C2CCCN2C(=O)c2ccc3sc(C)nc3c2)c1. The number of aryl methyl sites for hydroxylation is 1. The molecule has 4 nitrogen and oxygen atoms in total. The molecule has 1 atom stereocenters. The Hall–Kier alpha value is -2.40. The van der Waals surface area contributed by atoms with E-state index in [-0.39, 0.29) is 11.9 Å². The highest BCUT2D eigenvalue weighted by molar-refractivity contribution is 7.18. The van der Waals surface area contributed by atoms with E-state index < -0.39 is 0 Å². The van der Waals surface area contributed by atoms with E-state index in [0.717, 1.165) is 45.9 Å². The number of amides is 1. The van der Waals surface area contributed by atoms with Crippen molar-refractivity contribution >= 4 is 27.5 Å². The Labute approximate surface area is 151 Å². The lowest BCUT2D eigenvalue weighted by molar-refractivity contribution is 0.0735. The maximum absolute atomic E-state index is 13.1. The first kappa shape index (κ1) is 16.1. The molecule has 0 aliphatic carbocycles. The van der Waals surface area contributed by atoms with Crippen molar-refractivity contribution < 1.29 is 9.53 Å². The van der Waals surface area contributed by atoms with Crippen molar-refractivity contribution in [2.75, 3.05) is 13.7 Å². The van der Waals surface area contributed by atoms with Crippen LogP contribution in [0.4, 0.5) is 0 Å². The van der Waals surface area contributed by atoms with Crippen LogP contribution in [0.15, 0.2) is 42.5 Å². The zero-order valence-electron chi connectivity index (χ0n) is 14.4. The summed E-state index contributed by atoms with van der Waals surface area (Å²) in [6.07, 6.45) is 2.00. The Morgan fingerprint density at radius 3 is 3.00 bits per heavy atom. The van der Waals surface area contributed by atoms with Gasteiger partial charge in [0.1, 0.15) is 5.75 Å². The van der Waals surface area contributed by atoms with Crippen LogP contribution >= 0.6 is 11.3 Å². The number of nitrogens with zero attached hydrogens (tertiary/aromatic N) is 2. The van der Waals surface area contributed by atoms with Gasteiger partial charge in [-0.15, -0.1) is 11.3 Å². The molecule has 2 aromatic carbocycles. The van der Waals surface area contributed by atoms with Gasteiger partial charge in [0.05, 0.1) is 28.4 Å². The lowest BCUT2D eigenvalue weighted by Gasteiger charge is -2.25. The first-order valence-corrected chi connectivity index (χ1v) is 9.29. The molecule has 1 saturated heterocycles. The van der Waals surface area contributed by atoms with Gasteiger partial charge in [-0.05, 0) is 55.7 Å². The Kier molecular flexibility index (Phi) is 4.17. The number of hydrogen-bond acceptors (Lipinski definition) is 4. The van der Waals surface area contributed by atoms with Gasteiger partial charge in [0.2, 0.25) is 0 Å². The number of ether oxygens (including phenoxy) is 1. The summed E-state index contributed by atoms with van der Waals surface area (Å²) in [6, 6.07) is 14.0. The Bertz CT molecular complexity index is 934. The summed E-state index contributed by atoms with van der Waals surface area (Å²) >= 11 is 1.66. The number of likely N-dealkylation sites (tertiary alicyclic amines) is 1. The monoisotopic (exact) mass is 352 g/mol. The van der Waals surface area contributed by atoms with Crippen molar-refractivity contribution in [3.05, 3.63) is 58.6 Å². The van der Waals surface area contributed by atoms with Gasteiger partial charge in [-0.1, -0.05) is 12.1 Å². The van der Waals surface area contributed by atoms with Crippen molar-refractivity contribution in [1.82, 2.24) is 9.88 Å². The van der Waals surface area contributed by atoms with Gasteiger partial charge in [-0.3, -0.25) is 4.79 Å². The largest absolute Gasteiger partial charge is 0.497 e. The maximum Gasteiger partial charge on any atom is 0.254 e. The first-order chi connectivity index (χ1) is 12.2. The van der Waals surface area contributed by atoms with E-state index >= 15 is 0 Å². The number of fused-ring (bicyclic) bond motifs is 1. The Morgan fingerprint density at radius 2 is 2.16 bits per heavy atom. The second-order valence-electron chi connectivity index (χ2n) is 6.35. The summed E-state index contributed by atoms with van der Waals surface area (Å²) < 4.78 is 6.46. The van der Waals surface area contributed by atoms with E-state index in [4.69, 9.17) is 4.74 Å². The van der Waals surface area contributed by atoms with Crippen LogP contribution in [0.25, 0.3) is 10.2 Å². The molecule has 1 unspecified atom stereocenters. The number of rotatable bonds is 3. The van der Waals surface area contributed by atoms with Crippen LogP contribution in [-0.2, 0) is 0 Å². The molecule has 25 heavy (non-hydrogen) atoms. The zero-order chi connectivity index (χ0) is 17.4. The molecule has 1 aromatic heterocycles. The van der Waals surface area contributed by atoms with Crippen molar-refractivity contribution in [3.8, 4) is 5.75 Å². The minimum Gasteiger partial charge on any atom is -0.497 e. The fourth-order valence-corrected chi connectivity index (χ4v) is 4.35.